The molecule has 1 aromatic heterocycles. The van der Waals surface area contributed by atoms with Gasteiger partial charge in [-0.05, 0) is 36.2 Å². The lowest BCUT2D eigenvalue weighted by atomic mass is 10.1. The molecule has 0 saturated carbocycles. The van der Waals surface area contributed by atoms with Gasteiger partial charge in [0.25, 0.3) is 0 Å². The van der Waals surface area contributed by atoms with Crippen molar-refractivity contribution in [2.75, 3.05) is 7.11 Å². The van der Waals surface area contributed by atoms with Crippen LogP contribution in [0.4, 0.5) is 0 Å². The van der Waals surface area contributed by atoms with Crippen molar-refractivity contribution in [3.05, 3.63) is 47.1 Å². The van der Waals surface area contributed by atoms with Gasteiger partial charge in [0.05, 0.1) is 13.5 Å². The van der Waals surface area contributed by atoms with Crippen LogP contribution in [0.5, 0.6) is 0 Å². The number of carboxylic acids is 1. The molecule has 6 heteroatoms. The van der Waals surface area contributed by atoms with Crippen LogP contribution in [-0.2, 0) is 27.3 Å². The molecule has 0 atom stereocenters. The second kappa shape index (κ2) is 7.13. The third-order valence-electron chi connectivity index (χ3n) is 3.32. The number of esters is 1. The number of hydrogen-bond donors (Lipinski definition) is 1. The van der Waals surface area contributed by atoms with Crippen molar-refractivity contribution in [2.45, 2.75) is 19.4 Å². The minimum atomic E-state index is -0.876. The van der Waals surface area contributed by atoms with Crippen molar-refractivity contribution in [3.8, 4) is 11.3 Å². The molecule has 0 spiro atoms. The van der Waals surface area contributed by atoms with Crippen molar-refractivity contribution < 1.29 is 19.4 Å². The lowest BCUT2D eigenvalue weighted by Crippen LogP contribution is -2.15. The van der Waals surface area contributed by atoms with Gasteiger partial charge in [-0.3, -0.25) is 9.59 Å². The van der Waals surface area contributed by atoms with Crippen LogP contribution in [0.25, 0.3) is 11.3 Å². The molecule has 0 bridgehead atoms. The van der Waals surface area contributed by atoms with Gasteiger partial charge in [-0.15, -0.1) is 0 Å². The summed E-state index contributed by atoms with van der Waals surface area (Å²) < 4.78 is 6.49. The number of aliphatic carboxylic acids is 1. The molecule has 1 heterocycles. The van der Waals surface area contributed by atoms with Crippen LogP contribution in [0.3, 0.4) is 0 Å². The number of benzene rings is 1. The number of nitrogens with zero attached hydrogens (tertiary/aromatic N) is 1. The Labute approximate surface area is 133 Å². The van der Waals surface area contributed by atoms with Gasteiger partial charge in [-0.1, -0.05) is 23.7 Å². The molecule has 0 aliphatic heterocycles. The normalized spacial score (nSPS) is 10.5. The summed E-state index contributed by atoms with van der Waals surface area (Å²) in [5.74, 6) is -1.26. The molecule has 0 aliphatic carbocycles. The minimum Gasteiger partial charge on any atom is -0.481 e. The SMILES string of the molecule is COC(=O)Cn1c(CCC(=O)O)ccc1-c1ccc(Cl)cc1. The lowest BCUT2D eigenvalue weighted by Gasteiger charge is -2.12. The maximum Gasteiger partial charge on any atom is 0.325 e. The number of methoxy groups -OCH3 is 1. The van der Waals surface area contributed by atoms with Gasteiger partial charge >= 0.3 is 11.9 Å². The zero-order chi connectivity index (χ0) is 16.1. The van der Waals surface area contributed by atoms with Crippen LogP contribution >= 0.6 is 11.6 Å². The molecule has 0 saturated heterocycles. The highest BCUT2D eigenvalue weighted by Crippen LogP contribution is 2.25. The number of rotatable bonds is 6. The fraction of sp³-hybridized carbons (Fsp3) is 0.250. The Kier molecular flexibility index (Phi) is 5.22. The second-order valence-corrected chi connectivity index (χ2v) is 5.21. The molecule has 0 aliphatic rings. The molecule has 0 radical (unpaired) electrons. The van der Waals surface area contributed by atoms with Gasteiger partial charge in [0.15, 0.2) is 0 Å². The van der Waals surface area contributed by atoms with E-state index >= 15 is 0 Å². The first-order valence-corrected chi connectivity index (χ1v) is 7.12. The summed E-state index contributed by atoms with van der Waals surface area (Å²) in [6, 6.07) is 10.9. The van der Waals surface area contributed by atoms with Crippen molar-refractivity contribution in [3.63, 3.8) is 0 Å². The summed E-state index contributed by atoms with van der Waals surface area (Å²) in [5, 5.41) is 9.46. The highest BCUT2D eigenvalue weighted by molar-refractivity contribution is 6.30. The van der Waals surface area contributed by atoms with Gasteiger partial charge in [0.2, 0.25) is 0 Å². The van der Waals surface area contributed by atoms with E-state index in [0.29, 0.717) is 11.4 Å². The maximum atomic E-state index is 11.6. The van der Waals surface area contributed by atoms with Crippen LogP contribution < -0.4 is 0 Å². The number of ether oxygens (including phenoxy) is 1. The molecular formula is C16H16ClNO4. The van der Waals surface area contributed by atoms with Gasteiger partial charge in [-0.2, -0.15) is 0 Å². The van der Waals surface area contributed by atoms with Gasteiger partial charge in [0.1, 0.15) is 6.54 Å². The molecular weight excluding hydrogens is 306 g/mol. The van der Waals surface area contributed by atoms with Crippen molar-refractivity contribution >= 4 is 23.5 Å². The van der Waals surface area contributed by atoms with E-state index in [1.807, 2.05) is 24.3 Å². The third kappa shape index (κ3) is 3.89. The lowest BCUT2D eigenvalue weighted by molar-refractivity contribution is -0.141. The number of aryl methyl sites for hydroxylation is 1. The quantitative estimate of drug-likeness (QED) is 0.830. The van der Waals surface area contributed by atoms with E-state index in [9.17, 15) is 9.59 Å². The largest absolute Gasteiger partial charge is 0.481 e. The van der Waals surface area contributed by atoms with Crippen LogP contribution in [0, 0.1) is 0 Å². The molecule has 116 valence electrons. The summed E-state index contributed by atoms with van der Waals surface area (Å²) >= 11 is 5.89. The van der Waals surface area contributed by atoms with Crippen molar-refractivity contribution in [1.82, 2.24) is 4.57 Å². The van der Waals surface area contributed by atoms with E-state index in [1.165, 1.54) is 7.11 Å². The predicted octanol–water partition coefficient (Wildman–Crippen LogP) is 3.00. The molecule has 2 rings (SSSR count). The first-order chi connectivity index (χ1) is 10.5. The molecule has 0 unspecified atom stereocenters. The van der Waals surface area contributed by atoms with Crippen LogP contribution in [0.2, 0.25) is 5.02 Å². The zero-order valence-corrected chi connectivity index (χ0v) is 12.8. The summed E-state index contributed by atoms with van der Waals surface area (Å²) in [6.45, 7) is 0.0381. The van der Waals surface area contributed by atoms with Gasteiger partial charge < -0.3 is 14.4 Å². The van der Waals surface area contributed by atoms with E-state index in [4.69, 9.17) is 21.4 Å². The van der Waals surface area contributed by atoms with E-state index in [-0.39, 0.29) is 18.9 Å². The highest BCUT2D eigenvalue weighted by atomic mass is 35.5. The summed E-state index contributed by atoms with van der Waals surface area (Å²) in [7, 11) is 1.32. The minimum absolute atomic E-state index is 0.00520. The molecule has 2 aromatic rings. The Morgan fingerprint density at radius 1 is 1.18 bits per heavy atom. The van der Waals surface area contributed by atoms with E-state index in [2.05, 4.69) is 0 Å². The van der Waals surface area contributed by atoms with Crippen molar-refractivity contribution in [2.24, 2.45) is 0 Å². The average molecular weight is 322 g/mol. The predicted molar refractivity (Wildman–Crippen MR) is 82.9 cm³/mol. The summed E-state index contributed by atoms with van der Waals surface area (Å²) in [6.07, 6.45) is 0.352. The Morgan fingerprint density at radius 3 is 2.45 bits per heavy atom. The topological polar surface area (TPSA) is 68.5 Å². The molecule has 5 nitrogen and oxygen atoms in total. The number of halogens is 1. The molecule has 0 amide bonds. The fourth-order valence-corrected chi connectivity index (χ4v) is 2.34. The number of aromatic nitrogens is 1. The Balaban J connectivity index is 2.37. The van der Waals surface area contributed by atoms with Gasteiger partial charge in [-0.25, -0.2) is 0 Å². The fourth-order valence-electron chi connectivity index (χ4n) is 2.22. The molecule has 22 heavy (non-hydrogen) atoms. The zero-order valence-electron chi connectivity index (χ0n) is 12.1. The summed E-state index contributed by atoms with van der Waals surface area (Å²) in [4.78, 5) is 22.4. The maximum absolute atomic E-state index is 11.6. The standard InChI is InChI=1S/C16H16ClNO4/c1-22-16(21)10-18-13(7-9-15(19)20)6-8-14(18)11-2-4-12(17)5-3-11/h2-6,8H,7,9-10H2,1H3,(H,19,20). The number of carbonyl (C=O) groups excluding carboxylic acids is 1. The van der Waals surface area contributed by atoms with Crippen molar-refractivity contribution in [1.29, 1.82) is 0 Å². The van der Waals surface area contributed by atoms with Crippen LogP contribution in [0.15, 0.2) is 36.4 Å². The van der Waals surface area contributed by atoms with E-state index in [0.717, 1.165) is 17.0 Å². The van der Waals surface area contributed by atoms with Crippen LogP contribution in [0.1, 0.15) is 12.1 Å². The van der Waals surface area contributed by atoms with Crippen LogP contribution in [-0.4, -0.2) is 28.7 Å². The Bertz CT molecular complexity index is 676. The molecule has 1 N–H and O–H groups in total. The first kappa shape index (κ1) is 16.1. The molecule has 0 fully saturated rings. The number of carbonyl (C=O) groups is 2. The summed E-state index contributed by atoms with van der Waals surface area (Å²) in [5.41, 5.74) is 2.50. The average Bonchev–Trinajstić information content (AvgIpc) is 2.88. The van der Waals surface area contributed by atoms with Gasteiger partial charge in [0, 0.05) is 16.4 Å². The second-order valence-electron chi connectivity index (χ2n) is 4.77. The number of carboxylic acid groups (broad SMARTS) is 1. The Hall–Kier alpha value is -2.27. The monoisotopic (exact) mass is 321 g/mol. The first-order valence-electron chi connectivity index (χ1n) is 6.74. The number of hydrogen-bond acceptors (Lipinski definition) is 3. The Morgan fingerprint density at radius 2 is 1.86 bits per heavy atom. The van der Waals surface area contributed by atoms with E-state index < -0.39 is 5.97 Å². The molecule has 1 aromatic carbocycles. The van der Waals surface area contributed by atoms with E-state index in [1.54, 1.807) is 16.7 Å². The third-order valence-corrected chi connectivity index (χ3v) is 3.57. The highest BCUT2D eigenvalue weighted by Gasteiger charge is 2.14. The smallest absolute Gasteiger partial charge is 0.325 e.